The van der Waals surface area contributed by atoms with E-state index in [1.807, 2.05) is 55.4 Å². The number of imidazole rings is 1. The molecule has 0 fully saturated rings. The molecular formula is C14H15N5. The predicted octanol–water partition coefficient (Wildman–Crippen LogP) is 2.27. The first-order valence-electron chi connectivity index (χ1n) is 6.03. The maximum atomic E-state index is 5.68. The monoisotopic (exact) mass is 253 g/mol. The van der Waals surface area contributed by atoms with E-state index in [0.29, 0.717) is 0 Å². The second kappa shape index (κ2) is 4.28. The standard InChI is InChI=1S/C14H15N5/c1-19(2)12-8-7-11-14(17-12)18-13(16-11)9-3-5-10(15)6-4-9/h3-8H,15H2,1-2H3,(H,16,17,18). The highest BCUT2D eigenvalue weighted by Gasteiger charge is 2.07. The van der Waals surface area contributed by atoms with Crippen molar-refractivity contribution in [1.82, 2.24) is 15.0 Å². The third-order valence-corrected chi connectivity index (χ3v) is 2.97. The van der Waals surface area contributed by atoms with Gasteiger partial charge in [0.2, 0.25) is 0 Å². The molecule has 0 aliphatic carbocycles. The predicted molar refractivity (Wildman–Crippen MR) is 78.1 cm³/mol. The summed E-state index contributed by atoms with van der Waals surface area (Å²) in [6.45, 7) is 0. The number of nitrogens with one attached hydrogen (secondary N) is 1. The second-order valence-corrected chi connectivity index (χ2v) is 4.64. The number of nitrogens with two attached hydrogens (primary N) is 1. The molecule has 5 nitrogen and oxygen atoms in total. The van der Waals surface area contributed by atoms with Crippen LogP contribution in [0.2, 0.25) is 0 Å². The van der Waals surface area contributed by atoms with E-state index in [0.717, 1.165) is 34.1 Å². The number of pyridine rings is 1. The topological polar surface area (TPSA) is 70.8 Å². The fourth-order valence-electron chi connectivity index (χ4n) is 1.91. The van der Waals surface area contributed by atoms with Gasteiger partial charge in [-0.05, 0) is 36.4 Å². The molecule has 3 N–H and O–H groups in total. The zero-order valence-electron chi connectivity index (χ0n) is 10.9. The van der Waals surface area contributed by atoms with E-state index in [9.17, 15) is 0 Å². The highest BCUT2D eigenvalue weighted by Crippen LogP contribution is 2.21. The molecule has 0 aliphatic rings. The Morgan fingerprint density at radius 2 is 1.74 bits per heavy atom. The largest absolute Gasteiger partial charge is 0.399 e. The first-order valence-corrected chi connectivity index (χ1v) is 6.03. The van der Waals surface area contributed by atoms with Crippen LogP contribution in [0.25, 0.3) is 22.6 Å². The molecule has 0 amide bonds. The lowest BCUT2D eigenvalue weighted by atomic mass is 10.2. The van der Waals surface area contributed by atoms with Gasteiger partial charge in [0.1, 0.15) is 11.6 Å². The molecule has 0 atom stereocenters. The normalized spacial score (nSPS) is 10.8. The lowest BCUT2D eigenvalue weighted by Gasteiger charge is -2.09. The van der Waals surface area contributed by atoms with Crippen LogP contribution in [0.5, 0.6) is 0 Å². The van der Waals surface area contributed by atoms with Crippen LogP contribution < -0.4 is 10.6 Å². The van der Waals surface area contributed by atoms with E-state index >= 15 is 0 Å². The molecule has 1 aromatic carbocycles. The third-order valence-electron chi connectivity index (χ3n) is 2.97. The van der Waals surface area contributed by atoms with Crippen molar-refractivity contribution in [2.45, 2.75) is 0 Å². The Bertz CT molecular complexity index is 712. The third kappa shape index (κ3) is 2.10. The summed E-state index contributed by atoms with van der Waals surface area (Å²) in [5.41, 5.74) is 9.08. The molecule has 96 valence electrons. The number of H-pyrrole nitrogens is 1. The molecule has 2 heterocycles. The van der Waals surface area contributed by atoms with Crippen LogP contribution in [0, 0.1) is 0 Å². The fraction of sp³-hybridized carbons (Fsp3) is 0.143. The molecule has 0 saturated carbocycles. The van der Waals surface area contributed by atoms with E-state index < -0.39 is 0 Å². The van der Waals surface area contributed by atoms with Crippen LogP contribution in [0.15, 0.2) is 36.4 Å². The van der Waals surface area contributed by atoms with Crippen molar-refractivity contribution in [2.24, 2.45) is 0 Å². The Morgan fingerprint density at radius 1 is 1.00 bits per heavy atom. The summed E-state index contributed by atoms with van der Waals surface area (Å²) in [5, 5.41) is 0. The Hall–Kier alpha value is -2.56. The number of aromatic amines is 1. The molecule has 3 aromatic rings. The summed E-state index contributed by atoms with van der Waals surface area (Å²) in [4.78, 5) is 14.2. The van der Waals surface area contributed by atoms with E-state index in [4.69, 9.17) is 5.73 Å². The summed E-state index contributed by atoms with van der Waals surface area (Å²) < 4.78 is 0. The molecule has 2 aromatic heterocycles. The molecule has 5 heteroatoms. The Balaban J connectivity index is 2.08. The number of aromatic nitrogens is 3. The molecule has 0 radical (unpaired) electrons. The van der Waals surface area contributed by atoms with Crippen molar-refractivity contribution in [3.63, 3.8) is 0 Å². The molecule has 0 spiro atoms. The summed E-state index contributed by atoms with van der Waals surface area (Å²) >= 11 is 0. The molecule has 0 unspecified atom stereocenters. The summed E-state index contributed by atoms with van der Waals surface area (Å²) in [6, 6.07) is 11.6. The molecule has 19 heavy (non-hydrogen) atoms. The van der Waals surface area contributed by atoms with Crippen molar-refractivity contribution in [1.29, 1.82) is 0 Å². The van der Waals surface area contributed by atoms with Crippen LogP contribution in [0.4, 0.5) is 11.5 Å². The van der Waals surface area contributed by atoms with Gasteiger partial charge in [0, 0.05) is 25.3 Å². The molecule has 3 rings (SSSR count). The summed E-state index contributed by atoms with van der Waals surface area (Å²) in [7, 11) is 3.92. The lowest BCUT2D eigenvalue weighted by Crippen LogP contribution is -2.10. The number of nitrogen functional groups attached to an aromatic ring is 1. The molecule has 0 aliphatic heterocycles. The number of fused-ring (bicyclic) bond motifs is 1. The number of rotatable bonds is 2. The van der Waals surface area contributed by atoms with Gasteiger partial charge < -0.3 is 15.6 Å². The van der Waals surface area contributed by atoms with Crippen LogP contribution in [0.3, 0.4) is 0 Å². The number of nitrogens with zero attached hydrogens (tertiary/aromatic N) is 3. The smallest absolute Gasteiger partial charge is 0.180 e. The average Bonchev–Trinajstić information content (AvgIpc) is 2.82. The van der Waals surface area contributed by atoms with E-state index in [1.54, 1.807) is 0 Å². The summed E-state index contributed by atoms with van der Waals surface area (Å²) in [5.74, 6) is 1.70. The van der Waals surface area contributed by atoms with Crippen LogP contribution in [-0.2, 0) is 0 Å². The van der Waals surface area contributed by atoms with Gasteiger partial charge >= 0.3 is 0 Å². The van der Waals surface area contributed by atoms with Crippen LogP contribution >= 0.6 is 0 Å². The molecule has 0 bridgehead atoms. The van der Waals surface area contributed by atoms with Gasteiger partial charge in [-0.2, -0.15) is 0 Å². The Morgan fingerprint density at radius 3 is 2.42 bits per heavy atom. The van der Waals surface area contributed by atoms with Gasteiger partial charge in [-0.3, -0.25) is 0 Å². The number of hydrogen-bond donors (Lipinski definition) is 2. The van der Waals surface area contributed by atoms with Crippen molar-refractivity contribution in [2.75, 3.05) is 24.7 Å². The number of hydrogen-bond acceptors (Lipinski definition) is 4. The molecular weight excluding hydrogens is 238 g/mol. The van der Waals surface area contributed by atoms with E-state index in [1.165, 1.54) is 0 Å². The summed E-state index contributed by atoms with van der Waals surface area (Å²) in [6.07, 6.45) is 0. The SMILES string of the molecule is CN(C)c1ccc2[nH]c(-c3ccc(N)cc3)nc2n1. The molecule has 0 saturated heterocycles. The zero-order valence-corrected chi connectivity index (χ0v) is 10.9. The van der Waals surface area contributed by atoms with Crippen molar-refractivity contribution in [3.8, 4) is 11.4 Å². The van der Waals surface area contributed by atoms with Gasteiger partial charge in [0.15, 0.2) is 5.65 Å². The van der Waals surface area contributed by atoms with Gasteiger partial charge in [-0.1, -0.05) is 0 Å². The first-order chi connectivity index (χ1) is 9.13. The Labute approximate surface area is 111 Å². The Kier molecular flexibility index (Phi) is 2.59. The van der Waals surface area contributed by atoms with Gasteiger partial charge in [0.25, 0.3) is 0 Å². The minimum absolute atomic E-state index is 0.720. The quantitative estimate of drug-likeness (QED) is 0.687. The van der Waals surface area contributed by atoms with Gasteiger partial charge in [0.05, 0.1) is 5.52 Å². The van der Waals surface area contributed by atoms with Crippen molar-refractivity contribution in [3.05, 3.63) is 36.4 Å². The van der Waals surface area contributed by atoms with Crippen molar-refractivity contribution < 1.29 is 0 Å². The maximum absolute atomic E-state index is 5.68. The second-order valence-electron chi connectivity index (χ2n) is 4.64. The minimum Gasteiger partial charge on any atom is -0.399 e. The van der Waals surface area contributed by atoms with E-state index in [-0.39, 0.29) is 0 Å². The van der Waals surface area contributed by atoms with Crippen molar-refractivity contribution >= 4 is 22.7 Å². The van der Waals surface area contributed by atoms with Gasteiger partial charge in [-0.25, -0.2) is 9.97 Å². The first kappa shape index (κ1) is 11.5. The van der Waals surface area contributed by atoms with E-state index in [2.05, 4.69) is 15.0 Å². The average molecular weight is 253 g/mol. The zero-order chi connectivity index (χ0) is 13.4. The number of anilines is 2. The maximum Gasteiger partial charge on any atom is 0.180 e. The fourth-order valence-corrected chi connectivity index (χ4v) is 1.91. The van der Waals surface area contributed by atoms with Crippen LogP contribution in [-0.4, -0.2) is 29.0 Å². The van der Waals surface area contributed by atoms with Crippen LogP contribution in [0.1, 0.15) is 0 Å². The van der Waals surface area contributed by atoms with Gasteiger partial charge in [-0.15, -0.1) is 0 Å². The minimum atomic E-state index is 0.720. The highest BCUT2D eigenvalue weighted by molar-refractivity contribution is 5.77. The highest BCUT2D eigenvalue weighted by atomic mass is 15.1. The lowest BCUT2D eigenvalue weighted by molar-refractivity contribution is 1.08. The number of benzene rings is 1.